The number of hydrogen-bond donors (Lipinski definition) is 0. The number of halogens is 2. The summed E-state index contributed by atoms with van der Waals surface area (Å²) in [5.41, 5.74) is 1.89. The van der Waals surface area contributed by atoms with E-state index in [1.165, 1.54) is 0 Å². The van der Waals surface area contributed by atoms with Gasteiger partial charge in [-0.15, -0.1) is 10.2 Å². The maximum absolute atomic E-state index is 4.59. The summed E-state index contributed by atoms with van der Waals surface area (Å²) in [7, 11) is 0. The van der Waals surface area contributed by atoms with E-state index in [2.05, 4.69) is 100 Å². The van der Waals surface area contributed by atoms with E-state index in [4.69, 9.17) is 0 Å². The van der Waals surface area contributed by atoms with E-state index in [0.717, 1.165) is 66.5 Å². The normalized spacial score (nSPS) is 21.3. The Morgan fingerprint density at radius 2 is 1.06 bits per heavy atom. The molecule has 8 nitrogen and oxygen atoms in total. The van der Waals surface area contributed by atoms with Crippen LogP contribution in [0.2, 0.25) is 0 Å². The molecule has 0 amide bonds. The predicted molar refractivity (Wildman–Crippen MR) is 146 cm³/mol. The van der Waals surface area contributed by atoms with E-state index in [1.54, 1.807) is 0 Å². The molecule has 2 aliphatic heterocycles. The Hall–Kier alpha value is -1.88. The third-order valence-electron chi connectivity index (χ3n) is 5.91. The van der Waals surface area contributed by atoms with Crippen LogP contribution in [0.3, 0.4) is 0 Å². The first-order valence-electron chi connectivity index (χ1n) is 11.9. The summed E-state index contributed by atoms with van der Waals surface area (Å²) < 4.78 is 1.90. The molecule has 0 saturated carbocycles. The fourth-order valence-electron chi connectivity index (χ4n) is 4.84. The Morgan fingerprint density at radius 1 is 0.657 bits per heavy atom. The van der Waals surface area contributed by atoms with Crippen molar-refractivity contribution in [2.45, 2.75) is 27.7 Å². The van der Waals surface area contributed by atoms with Crippen molar-refractivity contribution in [1.29, 1.82) is 0 Å². The molecule has 188 valence electrons. The lowest BCUT2D eigenvalue weighted by atomic mass is 9.90. The minimum absolute atomic E-state index is 0.107. The van der Waals surface area contributed by atoms with Crippen LogP contribution in [0.15, 0.2) is 78.2 Å². The van der Waals surface area contributed by atoms with Crippen molar-refractivity contribution in [3.05, 3.63) is 57.5 Å². The van der Waals surface area contributed by atoms with Gasteiger partial charge in [0.25, 0.3) is 0 Å². The second-order valence-corrected chi connectivity index (χ2v) is 12.7. The molecule has 0 spiro atoms. The Balaban J connectivity index is 1.42. The average Bonchev–Trinajstić information content (AvgIpc) is 2.76. The van der Waals surface area contributed by atoms with Gasteiger partial charge in [0, 0.05) is 35.1 Å². The van der Waals surface area contributed by atoms with Gasteiger partial charge in [0.15, 0.2) is 0 Å². The van der Waals surface area contributed by atoms with Gasteiger partial charge in [-0.05, 0) is 67.0 Å². The molecule has 0 unspecified atom stereocenters. The molecular formula is C25H34Br2N8. The van der Waals surface area contributed by atoms with Crippen LogP contribution in [0.1, 0.15) is 27.7 Å². The SMILES string of the molecule is CC1(C)CN(CN2CN(N=Nc3ccccc3Br)CC(C)(C)C2)CN(N=Nc2ccccc2Br)C1. The first kappa shape index (κ1) is 26.2. The van der Waals surface area contributed by atoms with Gasteiger partial charge in [-0.25, -0.2) is 0 Å². The van der Waals surface area contributed by atoms with E-state index in [-0.39, 0.29) is 10.8 Å². The quantitative estimate of drug-likeness (QED) is 0.330. The van der Waals surface area contributed by atoms with E-state index < -0.39 is 0 Å². The van der Waals surface area contributed by atoms with Gasteiger partial charge in [0.05, 0.1) is 20.0 Å². The van der Waals surface area contributed by atoms with Gasteiger partial charge in [-0.3, -0.25) is 19.8 Å². The zero-order valence-corrected chi connectivity index (χ0v) is 24.1. The number of benzene rings is 2. The molecule has 2 fully saturated rings. The molecule has 35 heavy (non-hydrogen) atoms. The third kappa shape index (κ3) is 7.55. The third-order valence-corrected chi connectivity index (χ3v) is 7.25. The molecule has 10 heteroatoms. The van der Waals surface area contributed by atoms with Crippen molar-refractivity contribution < 1.29 is 0 Å². The largest absolute Gasteiger partial charge is 0.271 e. The average molecular weight is 606 g/mol. The highest BCUT2D eigenvalue weighted by Gasteiger charge is 2.35. The summed E-state index contributed by atoms with van der Waals surface area (Å²) in [6.07, 6.45) is 0. The lowest BCUT2D eigenvalue weighted by Crippen LogP contribution is -2.58. The smallest absolute Gasteiger partial charge is 0.102 e. The van der Waals surface area contributed by atoms with Crippen molar-refractivity contribution in [1.82, 2.24) is 19.8 Å². The second-order valence-electron chi connectivity index (χ2n) is 11.0. The number of hydrogen-bond acceptors (Lipinski definition) is 6. The lowest BCUT2D eigenvalue weighted by Gasteiger charge is -2.47. The summed E-state index contributed by atoms with van der Waals surface area (Å²) in [6, 6.07) is 15.8. The van der Waals surface area contributed by atoms with Crippen LogP contribution in [-0.2, 0) is 0 Å². The van der Waals surface area contributed by atoms with Crippen LogP contribution in [0, 0.1) is 10.8 Å². The molecule has 0 aromatic heterocycles. The van der Waals surface area contributed by atoms with Crippen molar-refractivity contribution in [3.63, 3.8) is 0 Å². The standard InChI is InChI=1S/C25H34Br2N8/c1-24(2)13-32(18-34(15-24)30-28-22-11-7-5-9-20(22)26)17-33-14-25(3,4)16-35(19-33)31-29-23-12-8-6-10-21(23)27/h5-12H,13-19H2,1-4H3. The maximum atomic E-state index is 4.59. The number of rotatable bonds is 6. The molecule has 0 radical (unpaired) electrons. The Bertz CT molecular complexity index is 987. The minimum atomic E-state index is 0.107. The van der Waals surface area contributed by atoms with E-state index in [1.807, 2.05) is 48.5 Å². The molecule has 4 rings (SSSR count). The first-order valence-corrected chi connectivity index (χ1v) is 13.4. The molecule has 2 aromatic carbocycles. The lowest BCUT2D eigenvalue weighted by molar-refractivity contribution is -0.0654. The topological polar surface area (TPSA) is 62.4 Å². The summed E-state index contributed by atoms with van der Waals surface area (Å²) >= 11 is 7.11. The zero-order valence-electron chi connectivity index (χ0n) is 20.9. The monoisotopic (exact) mass is 604 g/mol. The van der Waals surface area contributed by atoms with Gasteiger partial charge in [-0.2, -0.15) is 0 Å². The van der Waals surface area contributed by atoms with Crippen LogP contribution in [0.4, 0.5) is 11.4 Å². The molecule has 0 N–H and O–H groups in total. The van der Waals surface area contributed by atoms with Gasteiger partial charge in [-0.1, -0.05) is 62.4 Å². The molecule has 0 bridgehead atoms. The van der Waals surface area contributed by atoms with Crippen molar-refractivity contribution in [2.24, 2.45) is 31.5 Å². The van der Waals surface area contributed by atoms with E-state index in [0.29, 0.717) is 0 Å². The molecule has 2 aromatic rings. The summed E-state index contributed by atoms with van der Waals surface area (Å²) in [5.74, 6) is 0. The number of nitrogens with zero attached hydrogens (tertiary/aromatic N) is 8. The fraction of sp³-hybridized carbons (Fsp3) is 0.520. The zero-order chi connectivity index (χ0) is 25.1. The van der Waals surface area contributed by atoms with E-state index in [9.17, 15) is 0 Å². The highest BCUT2D eigenvalue weighted by atomic mass is 79.9. The van der Waals surface area contributed by atoms with Gasteiger partial charge in [0.2, 0.25) is 0 Å². The summed E-state index contributed by atoms with van der Waals surface area (Å²) in [6.45, 7) is 15.2. The summed E-state index contributed by atoms with van der Waals surface area (Å²) in [5, 5.41) is 22.3. The van der Waals surface area contributed by atoms with Crippen LogP contribution in [-0.4, -0.2) is 66.0 Å². The van der Waals surface area contributed by atoms with Crippen molar-refractivity contribution in [3.8, 4) is 0 Å². The molecular weight excluding hydrogens is 572 g/mol. The first-order chi connectivity index (χ1) is 16.6. The molecule has 2 saturated heterocycles. The minimum Gasteiger partial charge on any atom is -0.271 e. The molecule has 2 aliphatic rings. The van der Waals surface area contributed by atoms with Crippen LogP contribution in [0.5, 0.6) is 0 Å². The Morgan fingerprint density at radius 3 is 1.46 bits per heavy atom. The van der Waals surface area contributed by atoms with Gasteiger partial charge < -0.3 is 0 Å². The van der Waals surface area contributed by atoms with E-state index >= 15 is 0 Å². The van der Waals surface area contributed by atoms with Crippen molar-refractivity contribution in [2.75, 3.05) is 46.2 Å². The Labute approximate surface area is 225 Å². The highest BCUT2D eigenvalue weighted by molar-refractivity contribution is 9.11. The highest BCUT2D eigenvalue weighted by Crippen LogP contribution is 2.30. The van der Waals surface area contributed by atoms with Crippen LogP contribution >= 0.6 is 31.9 Å². The predicted octanol–water partition coefficient (Wildman–Crippen LogP) is 7.07. The van der Waals surface area contributed by atoms with Crippen molar-refractivity contribution >= 4 is 43.2 Å². The molecule has 2 heterocycles. The maximum Gasteiger partial charge on any atom is 0.102 e. The Kier molecular flexibility index (Phi) is 8.25. The molecule has 0 atom stereocenters. The second kappa shape index (κ2) is 11.0. The van der Waals surface area contributed by atoms with Gasteiger partial charge >= 0.3 is 0 Å². The molecule has 0 aliphatic carbocycles. The fourth-order valence-corrected chi connectivity index (χ4v) is 5.57. The van der Waals surface area contributed by atoms with Crippen LogP contribution < -0.4 is 0 Å². The summed E-state index contributed by atoms with van der Waals surface area (Å²) in [4.78, 5) is 4.90. The van der Waals surface area contributed by atoms with Crippen LogP contribution in [0.25, 0.3) is 0 Å². The van der Waals surface area contributed by atoms with Gasteiger partial charge in [0.1, 0.15) is 11.4 Å².